The van der Waals surface area contributed by atoms with Crippen molar-refractivity contribution in [3.05, 3.63) is 12.7 Å². The SMILES string of the molecule is Nc1ncnc2c1ncn2[C@@H]1OCC(O)[C@@H]1O. The summed E-state index contributed by atoms with van der Waals surface area (Å²) in [6, 6.07) is 0. The third-order valence-electron chi connectivity index (χ3n) is 2.79. The molecule has 8 nitrogen and oxygen atoms in total. The second-order valence-electron chi connectivity index (χ2n) is 3.86. The average Bonchev–Trinajstić information content (AvgIpc) is 2.86. The number of nitrogens with two attached hydrogens (primary N) is 1. The third kappa shape index (κ3) is 1.46. The number of aliphatic hydroxyl groups is 2. The maximum absolute atomic E-state index is 9.76. The molecule has 1 aliphatic rings. The highest BCUT2D eigenvalue weighted by Crippen LogP contribution is 2.27. The van der Waals surface area contributed by atoms with Crippen LogP contribution in [-0.4, -0.2) is 48.5 Å². The maximum atomic E-state index is 9.76. The Morgan fingerprint density at radius 2 is 2.18 bits per heavy atom. The predicted molar refractivity (Wildman–Crippen MR) is 56.7 cm³/mol. The summed E-state index contributed by atoms with van der Waals surface area (Å²) in [5.74, 6) is 0.266. The molecule has 1 fully saturated rings. The van der Waals surface area contributed by atoms with E-state index in [0.717, 1.165) is 0 Å². The minimum absolute atomic E-state index is 0.0755. The van der Waals surface area contributed by atoms with E-state index in [0.29, 0.717) is 11.2 Å². The van der Waals surface area contributed by atoms with Gasteiger partial charge in [0, 0.05) is 0 Å². The molecule has 3 rings (SSSR count). The van der Waals surface area contributed by atoms with Crippen molar-refractivity contribution in [3.63, 3.8) is 0 Å². The first kappa shape index (κ1) is 10.4. The first-order chi connectivity index (χ1) is 8.18. The summed E-state index contributed by atoms with van der Waals surface area (Å²) in [5, 5.41) is 19.2. The molecule has 0 aromatic carbocycles. The third-order valence-corrected chi connectivity index (χ3v) is 2.79. The van der Waals surface area contributed by atoms with Crippen molar-refractivity contribution in [1.82, 2.24) is 19.5 Å². The van der Waals surface area contributed by atoms with Gasteiger partial charge < -0.3 is 20.7 Å². The molecule has 2 aromatic rings. The molecule has 1 saturated heterocycles. The molecule has 0 radical (unpaired) electrons. The van der Waals surface area contributed by atoms with E-state index in [-0.39, 0.29) is 12.4 Å². The fourth-order valence-corrected chi connectivity index (χ4v) is 1.89. The Bertz CT molecular complexity index is 557. The molecule has 0 spiro atoms. The number of anilines is 1. The molecule has 2 aromatic heterocycles. The van der Waals surface area contributed by atoms with Gasteiger partial charge in [-0.25, -0.2) is 15.0 Å². The van der Waals surface area contributed by atoms with Crippen molar-refractivity contribution >= 4 is 17.0 Å². The van der Waals surface area contributed by atoms with Crippen LogP contribution in [0.15, 0.2) is 12.7 Å². The topological polar surface area (TPSA) is 119 Å². The van der Waals surface area contributed by atoms with E-state index < -0.39 is 18.4 Å². The monoisotopic (exact) mass is 237 g/mol. The Morgan fingerprint density at radius 3 is 2.88 bits per heavy atom. The van der Waals surface area contributed by atoms with Crippen LogP contribution in [0.5, 0.6) is 0 Å². The molecule has 0 amide bonds. The molecule has 0 aliphatic carbocycles. The summed E-state index contributed by atoms with van der Waals surface area (Å²) < 4.78 is 6.83. The molecule has 4 N–H and O–H groups in total. The molecular formula is C9H11N5O3. The molecule has 1 aliphatic heterocycles. The standard InChI is InChI=1S/C9H11N5O3/c10-7-5-8(12-2-11-7)14(3-13-5)9-6(16)4(15)1-17-9/h2-4,6,9,15-16H,1H2,(H2,10,11,12)/t4?,6-,9+/m0/s1. The van der Waals surface area contributed by atoms with Crippen LogP contribution >= 0.6 is 0 Å². The Hall–Kier alpha value is -1.77. The van der Waals surface area contributed by atoms with Crippen LogP contribution < -0.4 is 5.73 Å². The number of imidazole rings is 1. The van der Waals surface area contributed by atoms with Crippen LogP contribution in [0.2, 0.25) is 0 Å². The van der Waals surface area contributed by atoms with Gasteiger partial charge in [0.1, 0.15) is 24.1 Å². The van der Waals surface area contributed by atoms with Crippen molar-refractivity contribution in [2.45, 2.75) is 18.4 Å². The van der Waals surface area contributed by atoms with Gasteiger partial charge in [-0.15, -0.1) is 0 Å². The summed E-state index contributed by atoms with van der Waals surface area (Å²) in [4.78, 5) is 11.9. The molecule has 3 heterocycles. The predicted octanol–water partition coefficient (Wildman–Crippen LogP) is -1.34. The number of nitrogen functional groups attached to an aromatic ring is 1. The Kier molecular flexibility index (Phi) is 2.21. The van der Waals surface area contributed by atoms with Gasteiger partial charge in [0.2, 0.25) is 0 Å². The first-order valence-corrected chi connectivity index (χ1v) is 5.09. The number of aliphatic hydroxyl groups excluding tert-OH is 2. The van der Waals surface area contributed by atoms with Gasteiger partial charge in [-0.05, 0) is 0 Å². The van der Waals surface area contributed by atoms with Crippen LogP contribution in [0.4, 0.5) is 5.82 Å². The fourth-order valence-electron chi connectivity index (χ4n) is 1.89. The van der Waals surface area contributed by atoms with Crippen LogP contribution in [0.1, 0.15) is 6.23 Å². The molecule has 0 saturated carbocycles. The van der Waals surface area contributed by atoms with E-state index in [9.17, 15) is 10.2 Å². The minimum Gasteiger partial charge on any atom is -0.388 e. The highest BCUT2D eigenvalue weighted by atomic mass is 16.5. The van der Waals surface area contributed by atoms with E-state index in [1.54, 1.807) is 0 Å². The Balaban J connectivity index is 2.10. The largest absolute Gasteiger partial charge is 0.388 e. The van der Waals surface area contributed by atoms with Crippen molar-refractivity contribution in [1.29, 1.82) is 0 Å². The molecule has 8 heteroatoms. The Morgan fingerprint density at radius 1 is 1.35 bits per heavy atom. The summed E-state index contributed by atoms with van der Waals surface area (Å²) >= 11 is 0. The average molecular weight is 237 g/mol. The van der Waals surface area contributed by atoms with Gasteiger partial charge in [0.05, 0.1) is 12.9 Å². The van der Waals surface area contributed by atoms with Gasteiger partial charge in [-0.1, -0.05) is 0 Å². The lowest BCUT2D eigenvalue weighted by atomic mass is 10.2. The van der Waals surface area contributed by atoms with Gasteiger partial charge in [-0.2, -0.15) is 0 Å². The van der Waals surface area contributed by atoms with Crippen molar-refractivity contribution in [2.75, 3.05) is 12.3 Å². The van der Waals surface area contributed by atoms with E-state index in [1.165, 1.54) is 17.2 Å². The first-order valence-electron chi connectivity index (χ1n) is 5.09. The number of ether oxygens (including phenoxy) is 1. The second kappa shape index (κ2) is 3.62. The van der Waals surface area contributed by atoms with Crippen LogP contribution in [-0.2, 0) is 4.74 Å². The van der Waals surface area contributed by atoms with Gasteiger partial charge in [0.15, 0.2) is 17.7 Å². The fraction of sp³-hybridized carbons (Fsp3) is 0.444. The van der Waals surface area contributed by atoms with Gasteiger partial charge >= 0.3 is 0 Å². The molecular weight excluding hydrogens is 226 g/mol. The van der Waals surface area contributed by atoms with E-state index in [2.05, 4.69) is 15.0 Å². The second-order valence-corrected chi connectivity index (χ2v) is 3.86. The quantitative estimate of drug-likeness (QED) is 0.561. The van der Waals surface area contributed by atoms with Gasteiger partial charge in [-0.3, -0.25) is 4.57 Å². The number of aromatic nitrogens is 4. The number of hydrogen-bond acceptors (Lipinski definition) is 7. The maximum Gasteiger partial charge on any atom is 0.167 e. The Labute approximate surface area is 95.7 Å². The molecule has 0 bridgehead atoms. The molecule has 17 heavy (non-hydrogen) atoms. The highest BCUT2D eigenvalue weighted by molar-refractivity contribution is 5.81. The van der Waals surface area contributed by atoms with E-state index in [4.69, 9.17) is 10.5 Å². The zero-order chi connectivity index (χ0) is 12.0. The van der Waals surface area contributed by atoms with Gasteiger partial charge in [0.25, 0.3) is 0 Å². The minimum atomic E-state index is -1.01. The van der Waals surface area contributed by atoms with Crippen molar-refractivity contribution in [3.8, 4) is 0 Å². The lowest BCUT2D eigenvalue weighted by molar-refractivity contribution is -0.0162. The smallest absolute Gasteiger partial charge is 0.167 e. The molecule has 1 unspecified atom stereocenters. The van der Waals surface area contributed by atoms with Crippen LogP contribution in [0, 0.1) is 0 Å². The van der Waals surface area contributed by atoms with Crippen LogP contribution in [0.3, 0.4) is 0 Å². The number of rotatable bonds is 1. The van der Waals surface area contributed by atoms with Crippen molar-refractivity contribution in [2.24, 2.45) is 0 Å². The number of nitrogens with zero attached hydrogens (tertiary/aromatic N) is 4. The zero-order valence-corrected chi connectivity index (χ0v) is 8.76. The summed E-state index contributed by atoms with van der Waals surface area (Å²) in [6.45, 7) is 0.0755. The van der Waals surface area contributed by atoms with Crippen LogP contribution in [0.25, 0.3) is 11.2 Å². The van der Waals surface area contributed by atoms with E-state index in [1.807, 2.05) is 0 Å². The number of fused-ring (bicyclic) bond motifs is 1. The lowest BCUT2D eigenvalue weighted by Crippen LogP contribution is -2.28. The van der Waals surface area contributed by atoms with Crippen molar-refractivity contribution < 1.29 is 14.9 Å². The molecule has 3 atom stereocenters. The zero-order valence-electron chi connectivity index (χ0n) is 8.76. The normalized spacial score (nSPS) is 28.9. The highest BCUT2D eigenvalue weighted by Gasteiger charge is 2.36. The summed E-state index contributed by atoms with van der Waals surface area (Å²) in [5.41, 5.74) is 6.57. The lowest BCUT2D eigenvalue weighted by Gasteiger charge is -2.16. The van der Waals surface area contributed by atoms with E-state index >= 15 is 0 Å². The molecule has 90 valence electrons. The summed E-state index contributed by atoms with van der Waals surface area (Å²) in [6.07, 6.45) is 0.152. The summed E-state index contributed by atoms with van der Waals surface area (Å²) in [7, 11) is 0. The number of hydrogen-bond donors (Lipinski definition) is 3.